The van der Waals surface area contributed by atoms with E-state index in [1.807, 2.05) is 12.4 Å². The lowest BCUT2D eigenvalue weighted by Gasteiger charge is -2.20. The van der Waals surface area contributed by atoms with Gasteiger partial charge in [-0.1, -0.05) is 6.92 Å². The molecule has 96 valence electrons. The number of likely N-dealkylation sites (N-methyl/N-ethyl adjacent to an activating group) is 1. The maximum atomic E-state index is 5.71. The topological polar surface area (TPSA) is 39.1 Å². The summed E-state index contributed by atoms with van der Waals surface area (Å²) in [5.74, 6) is 1.15. The Morgan fingerprint density at radius 3 is 3.12 bits per heavy atom. The number of aryl methyl sites for hydroxylation is 1. The highest BCUT2D eigenvalue weighted by Crippen LogP contribution is 2.18. The van der Waals surface area contributed by atoms with Gasteiger partial charge in [-0.2, -0.15) is 0 Å². The first-order valence-electron chi connectivity index (χ1n) is 6.60. The predicted molar refractivity (Wildman–Crippen MR) is 68.0 cm³/mol. The van der Waals surface area contributed by atoms with Crippen molar-refractivity contribution in [2.45, 2.75) is 44.8 Å². The molecule has 2 atom stereocenters. The lowest BCUT2D eigenvalue weighted by molar-refractivity contribution is 0.0945. The quantitative estimate of drug-likeness (QED) is 0.815. The molecule has 0 aromatic carbocycles. The molecule has 1 aliphatic heterocycles. The molecule has 0 radical (unpaired) electrons. The van der Waals surface area contributed by atoms with Gasteiger partial charge >= 0.3 is 0 Å². The van der Waals surface area contributed by atoms with Crippen LogP contribution in [-0.4, -0.2) is 34.8 Å². The maximum Gasteiger partial charge on any atom is 0.109 e. The number of nitrogens with zero attached hydrogens (tertiary/aromatic N) is 2. The molecule has 2 heterocycles. The highest BCUT2D eigenvalue weighted by atomic mass is 16.5. The monoisotopic (exact) mass is 237 g/mol. The normalized spacial score (nSPS) is 21.9. The van der Waals surface area contributed by atoms with Crippen molar-refractivity contribution < 1.29 is 4.74 Å². The van der Waals surface area contributed by atoms with Crippen LogP contribution >= 0.6 is 0 Å². The van der Waals surface area contributed by atoms with Gasteiger partial charge in [-0.3, -0.25) is 0 Å². The first-order valence-corrected chi connectivity index (χ1v) is 6.60. The minimum atomic E-state index is 0.444. The molecule has 4 nitrogen and oxygen atoms in total. The Bertz CT molecular complexity index is 331. The molecule has 1 aliphatic rings. The molecule has 1 N–H and O–H groups in total. The minimum Gasteiger partial charge on any atom is -0.378 e. The van der Waals surface area contributed by atoms with Crippen LogP contribution < -0.4 is 5.32 Å². The fraction of sp³-hybridized carbons (Fsp3) is 0.769. The van der Waals surface area contributed by atoms with Crippen molar-refractivity contribution in [3.8, 4) is 0 Å². The summed E-state index contributed by atoms with van der Waals surface area (Å²) >= 11 is 0. The van der Waals surface area contributed by atoms with Crippen molar-refractivity contribution in [2.24, 2.45) is 7.05 Å². The first-order chi connectivity index (χ1) is 8.29. The first kappa shape index (κ1) is 12.6. The summed E-state index contributed by atoms with van der Waals surface area (Å²) in [6.07, 6.45) is 8.82. The number of rotatable bonds is 6. The standard InChI is InChI=1S/C13H23N3O/c1-3-14-11(9-12-5-4-8-17-12)10-13-15-6-7-16(13)2/h6-7,11-12,14H,3-5,8-10H2,1-2H3. The van der Waals surface area contributed by atoms with Crippen LogP contribution in [0.25, 0.3) is 0 Å². The molecule has 1 saturated heterocycles. The van der Waals surface area contributed by atoms with Crippen molar-refractivity contribution in [3.63, 3.8) is 0 Å². The summed E-state index contributed by atoms with van der Waals surface area (Å²) in [7, 11) is 2.05. The fourth-order valence-corrected chi connectivity index (χ4v) is 2.49. The smallest absolute Gasteiger partial charge is 0.109 e. The number of imidazole rings is 1. The average molecular weight is 237 g/mol. The molecule has 0 aliphatic carbocycles. The third kappa shape index (κ3) is 3.54. The fourth-order valence-electron chi connectivity index (χ4n) is 2.49. The molecular formula is C13H23N3O. The molecule has 2 unspecified atom stereocenters. The number of nitrogens with one attached hydrogen (secondary N) is 1. The van der Waals surface area contributed by atoms with Gasteiger partial charge in [-0.05, 0) is 25.8 Å². The van der Waals surface area contributed by atoms with E-state index in [0.717, 1.165) is 31.8 Å². The van der Waals surface area contributed by atoms with E-state index >= 15 is 0 Å². The van der Waals surface area contributed by atoms with Gasteiger partial charge in [0.15, 0.2) is 0 Å². The molecule has 0 saturated carbocycles. The van der Waals surface area contributed by atoms with E-state index < -0.39 is 0 Å². The van der Waals surface area contributed by atoms with Crippen molar-refractivity contribution in [1.29, 1.82) is 0 Å². The third-order valence-electron chi connectivity index (χ3n) is 3.41. The van der Waals surface area contributed by atoms with Gasteiger partial charge in [0.25, 0.3) is 0 Å². The minimum absolute atomic E-state index is 0.444. The second kappa shape index (κ2) is 6.17. The highest BCUT2D eigenvalue weighted by molar-refractivity contribution is 4.95. The van der Waals surface area contributed by atoms with Gasteiger partial charge in [-0.15, -0.1) is 0 Å². The van der Waals surface area contributed by atoms with E-state index in [4.69, 9.17) is 4.74 Å². The average Bonchev–Trinajstić information content (AvgIpc) is 2.92. The second-order valence-corrected chi connectivity index (χ2v) is 4.78. The molecule has 1 aromatic heterocycles. The highest BCUT2D eigenvalue weighted by Gasteiger charge is 2.21. The van der Waals surface area contributed by atoms with E-state index in [1.54, 1.807) is 0 Å². The van der Waals surface area contributed by atoms with Crippen molar-refractivity contribution in [3.05, 3.63) is 18.2 Å². The second-order valence-electron chi connectivity index (χ2n) is 4.78. The number of hydrogen-bond donors (Lipinski definition) is 1. The number of ether oxygens (including phenoxy) is 1. The zero-order valence-corrected chi connectivity index (χ0v) is 10.9. The van der Waals surface area contributed by atoms with Gasteiger partial charge in [0.05, 0.1) is 6.10 Å². The SMILES string of the molecule is CCNC(Cc1nccn1C)CC1CCCO1. The lowest BCUT2D eigenvalue weighted by atomic mass is 10.0. The van der Waals surface area contributed by atoms with Crippen LogP contribution in [0.5, 0.6) is 0 Å². The summed E-state index contributed by atoms with van der Waals surface area (Å²) in [6, 6.07) is 0.476. The molecule has 0 bridgehead atoms. The van der Waals surface area contributed by atoms with E-state index in [0.29, 0.717) is 12.1 Å². The zero-order chi connectivity index (χ0) is 12.1. The third-order valence-corrected chi connectivity index (χ3v) is 3.41. The van der Waals surface area contributed by atoms with Gasteiger partial charge in [0.2, 0.25) is 0 Å². The van der Waals surface area contributed by atoms with Gasteiger partial charge in [0, 0.05) is 38.5 Å². The number of hydrogen-bond acceptors (Lipinski definition) is 3. The van der Waals surface area contributed by atoms with E-state index in [1.165, 1.54) is 12.8 Å². The summed E-state index contributed by atoms with van der Waals surface area (Å²) in [4.78, 5) is 4.39. The molecule has 4 heteroatoms. The summed E-state index contributed by atoms with van der Waals surface area (Å²) < 4.78 is 7.81. The Labute approximate surface area is 103 Å². The summed E-state index contributed by atoms with van der Waals surface area (Å²) in [5, 5.41) is 3.54. The van der Waals surface area contributed by atoms with Crippen LogP contribution in [0, 0.1) is 0 Å². The maximum absolute atomic E-state index is 5.71. The van der Waals surface area contributed by atoms with Crippen LogP contribution in [0.1, 0.15) is 32.0 Å². The van der Waals surface area contributed by atoms with Gasteiger partial charge < -0.3 is 14.6 Å². The van der Waals surface area contributed by atoms with Crippen molar-refractivity contribution >= 4 is 0 Å². The largest absolute Gasteiger partial charge is 0.378 e. The van der Waals surface area contributed by atoms with Crippen LogP contribution in [0.3, 0.4) is 0 Å². The van der Waals surface area contributed by atoms with Gasteiger partial charge in [0.1, 0.15) is 5.82 Å². The van der Waals surface area contributed by atoms with Crippen LogP contribution in [-0.2, 0) is 18.2 Å². The van der Waals surface area contributed by atoms with Crippen LogP contribution in [0.2, 0.25) is 0 Å². The number of aromatic nitrogens is 2. The Morgan fingerprint density at radius 1 is 1.65 bits per heavy atom. The van der Waals surface area contributed by atoms with E-state index in [2.05, 4.69) is 28.8 Å². The molecule has 0 spiro atoms. The van der Waals surface area contributed by atoms with Gasteiger partial charge in [-0.25, -0.2) is 4.98 Å². The molecule has 1 aromatic rings. The predicted octanol–water partition coefficient (Wildman–Crippen LogP) is 1.51. The lowest BCUT2D eigenvalue weighted by Crippen LogP contribution is -2.35. The van der Waals surface area contributed by atoms with Crippen molar-refractivity contribution in [1.82, 2.24) is 14.9 Å². The van der Waals surface area contributed by atoms with Crippen LogP contribution in [0.4, 0.5) is 0 Å². The van der Waals surface area contributed by atoms with E-state index in [-0.39, 0.29) is 0 Å². The van der Waals surface area contributed by atoms with Crippen molar-refractivity contribution in [2.75, 3.05) is 13.2 Å². The zero-order valence-electron chi connectivity index (χ0n) is 10.9. The Hall–Kier alpha value is -0.870. The summed E-state index contributed by atoms with van der Waals surface area (Å²) in [5.41, 5.74) is 0. The molecule has 17 heavy (non-hydrogen) atoms. The van der Waals surface area contributed by atoms with E-state index in [9.17, 15) is 0 Å². The Kier molecular flexibility index (Phi) is 4.57. The molecule has 2 rings (SSSR count). The molecule has 0 amide bonds. The molecule has 1 fully saturated rings. The Balaban J connectivity index is 1.89. The molecular weight excluding hydrogens is 214 g/mol. The summed E-state index contributed by atoms with van der Waals surface area (Å²) in [6.45, 7) is 4.09. The van der Waals surface area contributed by atoms with Crippen LogP contribution in [0.15, 0.2) is 12.4 Å². The Morgan fingerprint density at radius 2 is 2.53 bits per heavy atom.